The number of benzene rings is 2. The smallest absolute Gasteiger partial charge is 0.336 e. The molecule has 29 heavy (non-hydrogen) atoms. The van der Waals surface area contributed by atoms with Crippen molar-refractivity contribution in [1.29, 1.82) is 0 Å². The summed E-state index contributed by atoms with van der Waals surface area (Å²) in [6, 6.07) is 8.29. The number of rotatable bonds is 2. The van der Waals surface area contributed by atoms with Crippen molar-refractivity contribution in [2.75, 3.05) is 12.4 Å². The molecule has 2 aromatic carbocycles. The summed E-state index contributed by atoms with van der Waals surface area (Å²) in [5, 5.41) is 13.1. The van der Waals surface area contributed by atoms with Crippen LogP contribution in [0.5, 0.6) is 5.75 Å². The number of hydrogen-bond donors (Lipinski definition) is 4. The Hall–Kier alpha value is -4.14. The van der Waals surface area contributed by atoms with Crippen LogP contribution >= 0.6 is 0 Å². The van der Waals surface area contributed by atoms with Crippen LogP contribution < -0.4 is 15.7 Å². The lowest BCUT2D eigenvalue weighted by molar-refractivity contribution is -0.115. The van der Waals surface area contributed by atoms with E-state index in [4.69, 9.17) is 4.74 Å². The van der Waals surface area contributed by atoms with E-state index in [1.54, 1.807) is 30.3 Å². The number of carbonyl (C=O) groups is 2. The molecule has 0 atom stereocenters. The number of methoxy groups -OCH3 is 1. The number of anilines is 1. The van der Waals surface area contributed by atoms with Gasteiger partial charge in [0.25, 0.3) is 0 Å². The Morgan fingerprint density at radius 2 is 1.90 bits per heavy atom. The number of ether oxygens (including phenoxy) is 1. The van der Waals surface area contributed by atoms with Crippen molar-refractivity contribution in [2.24, 2.45) is 0 Å². The van der Waals surface area contributed by atoms with Gasteiger partial charge >= 0.3 is 11.7 Å². The first-order chi connectivity index (χ1) is 13.9. The zero-order valence-corrected chi connectivity index (χ0v) is 15.1. The summed E-state index contributed by atoms with van der Waals surface area (Å²) in [6.07, 6.45) is -0.143. The Morgan fingerprint density at radius 3 is 2.62 bits per heavy atom. The molecule has 0 fully saturated rings. The second-order valence-corrected chi connectivity index (χ2v) is 6.75. The third-order valence-electron chi connectivity index (χ3n) is 5.03. The van der Waals surface area contributed by atoms with Crippen molar-refractivity contribution in [3.63, 3.8) is 0 Å². The Kier molecular flexibility index (Phi) is 3.47. The number of imidazole rings is 1. The van der Waals surface area contributed by atoms with Crippen LogP contribution in [0.3, 0.4) is 0 Å². The third-order valence-corrected chi connectivity index (χ3v) is 5.03. The molecule has 0 radical (unpaired) electrons. The monoisotopic (exact) mass is 390 g/mol. The average Bonchev–Trinajstić information content (AvgIpc) is 2.98. The van der Waals surface area contributed by atoms with Crippen LogP contribution in [0, 0.1) is 0 Å². The number of H-pyrrole nitrogens is 2. The molecule has 0 bridgehead atoms. The van der Waals surface area contributed by atoms with Gasteiger partial charge in [-0.15, -0.1) is 0 Å². The van der Waals surface area contributed by atoms with Gasteiger partial charge in [0.05, 0.1) is 47.0 Å². The van der Waals surface area contributed by atoms with Crippen LogP contribution in [-0.4, -0.2) is 39.0 Å². The third kappa shape index (κ3) is 2.55. The summed E-state index contributed by atoms with van der Waals surface area (Å²) in [5.41, 5.74) is 2.84. The van der Waals surface area contributed by atoms with Gasteiger partial charge in [-0.1, -0.05) is 0 Å². The fourth-order valence-electron chi connectivity index (χ4n) is 3.78. The summed E-state index contributed by atoms with van der Waals surface area (Å²) in [5.74, 6) is -1.03. The number of fused-ring (bicyclic) bond motifs is 5. The van der Waals surface area contributed by atoms with Crippen molar-refractivity contribution < 1.29 is 19.4 Å². The van der Waals surface area contributed by atoms with Gasteiger partial charge in [-0.25, -0.2) is 14.6 Å². The van der Waals surface area contributed by atoms with Crippen molar-refractivity contribution in [3.8, 4) is 17.0 Å². The molecule has 4 aromatic rings. The SMILES string of the molecule is COc1ccc2nc3c(c(C(=O)O)c2c1)CC(=O)Nc1cc2[nH]c(=O)[nH]c2cc1-3. The number of carboxylic acid groups (broad SMARTS) is 1. The lowest BCUT2D eigenvalue weighted by Crippen LogP contribution is -2.15. The molecule has 5 rings (SSSR count). The molecule has 3 heterocycles. The van der Waals surface area contributed by atoms with Crippen LogP contribution in [0.15, 0.2) is 35.1 Å². The van der Waals surface area contributed by atoms with Gasteiger partial charge in [-0.05, 0) is 30.3 Å². The first kappa shape index (κ1) is 17.0. The van der Waals surface area contributed by atoms with E-state index in [2.05, 4.69) is 20.3 Å². The molecule has 0 saturated heterocycles. The number of pyridine rings is 1. The predicted octanol–water partition coefficient (Wildman–Crippen LogP) is 2.27. The second kappa shape index (κ2) is 5.93. The zero-order valence-electron chi connectivity index (χ0n) is 15.1. The Bertz CT molecular complexity index is 1420. The Morgan fingerprint density at radius 1 is 1.14 bits per heavy atom. The Labute approximate surface area is 162 Å². The standard InChI is InChI=1S/C20H14N4O5/c1-29-8-2-3-12-9(4-8)17(19(26)27)11-6-16(25)21-13-7-15-14(23-20(28)24-15)5-10(13)18(11)22-12/h2-5,7H,6H2,1H3,(H,21,25)(H,26,27)(H2,23,24,28). The van der Waals surface area contributed by atoms with Crippen LogP contribution in [0.2, 0.25) is 0 Å². The number of amides is 1. The summed E-state index contributed by atoms with van der Waals surface area (Å²) in [6.45, 7) is 0. The number of carbonyl (C=O) groups excluding carboxylic acids is 1. The molecule has 0 spiro atoms. The van der Waals surface area contributed by atoms with Crippen molar-refractivity contribution in [3.05, 3.63) is 51.9 Å². The molecule has 0 aliphatic carbocycles. The highest BCUT2D eigenvalue weighted by Gasteiger charge is 2.28. The molecule has 4 N–H and O–H groups in total. The molecule has 1 amide bonds. The highest BCUT2D eigenvalue weighted by molar-refractivity contribution is 6.11. The topological polar surface area (TPSA) is 137 Å². The molecule has 9 nitrogen and oxygen atoms in total. The van der Waals surface area contributed by atoms with E-state index in [0.29, 0.717) is 50.2 Å². The van der Waals surface area contributed by atoms with Gasteiger partial charge in [-0.2, -0.15) is 0 Å². The maximum atomic E-state index is 12.5. The highest BCUT2D eigenvalue weighted by atomic mass is 16.5. The van der Waals surface area contributed by atoms with E-state index in [0.717, 1.165) is 0 Å². The molecular formula is C20H14N4O5. The lowest BCUT2D eigenvalue weighted by atomic mass is 9.94. The lowest BCUT2D eigenvalue weighted by Gasteiger charge is -2.14. The molecule has 1 aliphatic heterocycles. The molecule has 144 valence electrons. The molecular weight excluding hydrogens is 376 g/mol. The first-order valence-electron chi connectivity index (χ1n) is 8.75. The van der Waals surface area contributed by atoms with Crippen LogP contribution in [-0.2, 0) is 11.2 Å². The zero-order chi connectivity index (χ0) is 20.3. The normalized spacial score (nSPS) is 12.9. The van der Waals surface area contributed by atoms with Gasteiger partial charge in [0, 0.05) is 16.5 Å². The number of nitrogens with one attached hydrogen (secondary N) is 3. The number of hydrogen-bond acceptors (Lipinski definition) is 5. The summed E-state index contributed by atoms with van der Waals surface area (Å²) in [4.78, 5) is 46.4. The fraction of sp³-hybridized carbons (Fsp3) is 0.100. The van der Waals surface area contributed by atoms with Crippen LogP contribution in [0.1, 0.15) is 15.9 Å². The molecule has 0 unspecified atom stereocenters. The van der Waals surface area contributed by atoms with E-state index < -0.39 is 5.97 Å². The fourth-order valence-corrected chi connectivity index (χ4v) is 3.78. The van der Waals surface area contributed by atoms with E-state index >= 15 is 0 Å². The van der Waals surface area contributed by atoms with Gasteiger partial charge in [0.2, 0.25) is 5.91 Å². The molecule has 0 saturated carbocycles. The number of carboxylic acids is 1. The maximum Gasteiger partial charge on any atom is 0.336 e. The van der Waals surface area contributed by atoms with E-state index in [1.165, 1.54) is 7.11 Å². The van der Waals surface area contributed by atoms with Crippen LogP contribution in [0.4, 0.5) is 5.69 Å². The summed E-state index contributed by atoms with van der Waals surface area (Å²) in [7, 11) is 1.49. The molecule has 9 heteroatoms. The average molecular weight is 390 g/mol. The van der Waals surface area contributed by atoms with E-state index in [1.807, 2.05) is 0 Å². The molecule has 2 aromatic heterocycles. The molecule has 1 aliphatic rings. The maximum absolute atomic E-state index is 12.5. The van der Waals surface area contributed by atoms with Crippen molar-refractivity contribution in [2.45, 2.75) is 6.42 Å². The van der Waals surface area contributed by atoms with E-state index in [-0.39, 0.29) is 23.6 Å². The predicted molar refractivity (Wildman–Crippen MR) is 106 cm³/mol. The van der Waals surface area contributed by atoms with E-state index in [9.17, 15) is 19.5 Å². The minimum absolute atomic E-state index is 0.00885. The quantitative estimate of drug-likeness (QED) is 0.414. The van der Waals surface area contributed by atoms with Crippen LogP contribution in [0.25, 0.3) is 33.2 Å². The van der Waals surface area contributed by atoms with Gasteiger partial charge in [-0.3, -0.25) is 4.79 Å². The van der Waals surface area contributed by atoms with Gasteiger partial charge in [0.1, 0.15) is 5.75 Å². The minimum atomic E-state index is -1.16. The van der Waals surface area contributed by atoms with Gasteiger partial charge < -0.3 is 25.1 Å². The Balaban J connectivity index is 1.92. The number of nitrogens with zero attached hydrogens (tertiary/aromatic N) is 1. The minimum Gasteiger partial charge on any atom is -0.497 e. The van der Waals surface area contributed by atoms with Gasteiger partial charge in [0.15, 0.2) is 0 Å². The summed E-state index contributed by atoms with van der Waals surface area (Å²) >= 11 is 0. The second-order valence-electron chi connectivity index (χ2n) is 6.75. The van der Waals surface area contributed by atoms with Crippen molar-refractivity contribution >= 4 is 39.5 Å². The summed E-state index contributed by atoms with van der Waals surface area (Å²) < 4.78 is 5.22. The number of aromatic amines is 2. The first-order valence-corrected chi connectivity index (χ1v) is 8.75. The highest BCUT2D eigenvalue weighted by Crippen LogP contribution is 2.39. The largest absolute Gasteiger partial charge is 0.497 e. The van der Waals surface area contributed by atoms with Crippen molar-refractivity contribution in [1.82, 2.24) is 15.0 Å². The number of aromatic nitrogens is 3. The number of aromatic carboxylic acids is 1.